The van der Waals surface area contributed by atoms with E-state index in [0.29, 0.717) is 6.61 Å². The third-order valence-corrected chi connectivity index (χ3v) is 4.71. The lowest BCUT2D eigenvalue weighted by Crippen LogP contribution is -2.48. The molecule has 2 bridgehead atoms. The van der Waals surface area contributed by atoms with Crippen LogP contribution in [0.1, 0.15) is 31.2 Å². The molecular weight excluding hydrogens is 282 g/mol. The maximum Gasteiger partial charge on any atom is 0.407 e. The SMILES string of the molecule is COCCc1cccc(OC2CC3CCC(C2)N3C(=O)O)c1. The van der Waals surface area contributed by atoms with E-state index < -0.39 is 6.09 Å². The van der Waals surface area contributed by atoms with Gasteiger partial charge in [-0.25, -0.2) is 4.79 Å². The molecule has 3 rings (SSSR count). The first-order valence-electron chi connectivity index (χ1n) is 7.93. The fourth-order valence-electron chi connectivity index (χ4n) is 3.72. The summed E-state index contributed by atoms with van der Waals surface area (Å²) in [6.07, 6.45) is 3.72. The molecule has 1 N–H and O–H groups in total. The summed E-state index contributed by atoms with van der Waals surface area (Å²) in [7, 11) is 1.70. The Balaban J connectivity index is 1.62. The Morgan fingerprint density at radius 3 is 2.68 bits per heavy atom. The average molecular weight is 305 g/mol. The van der Waals surface area contributed by atoms with E-state index in [9.17, 15) is 9.90 Å². The van der Waals surface area contributed by atoms with E-state index in [2.05, 4.69) is 12.1 Å². The second-order valence-corrected chi connectivity index (χ2v) is 6.18. The number of methoxy groups -OCH3 is 1. The molecule has 2 heterocycles. The lowest BCUT2D eigenvalue weighted by atomic mass is 10.00. The zero-order valence-electron chi connectivity index (χ0n) is 12.9. The van der Waals surface area contributed by atoms with E-state index in [1.807, 2.05) is 12.1 Å². The Morgan fingerprint density at radius 2 is 2.05 bits per heavy atom. The van der Waals surface area contributed by atoms with Gasteiger partial charge >= 0.3 is 6.09 Å². The van der Waals surface area contributed by atoms with Gasteiger partial charge in [0.25, 0.3) is 0 Å². The third-order valence-electron chi connectivity index (χ3n) is 4.71. The number of fused-ring (bicyclic) bond motifs is 2. The minimum Gasteiger partial charge on any atom is -0.490 e. The molecule has 2 aliphatic heterocycles. The molecule has 2 unspecified atom stereocenters. The maximum atomic E-state index is 11.3. The molecule has 0 saturated carbocycles. The summed E-state index contributed by atoms with van der Waals surface area (Å²) in [6.45, 7) is 0.699. The predicted molar refractivity (Wildman–Crippen MR) is 82.3 cm³/mol. The number of nitrogens with zero attached hydrogens (tertiary/aromatic N) is 1. The van der Waals surface area contributed by atoms with Crippen molar-refractivity contribution >= 4 is 6.09 Å². The van der Waals surface area contributed by atoms with E-state index in [4.69, 9.17) is 9.47 Å². The van der Waals surface area contributed by atoms with Gasteiger partial charge in [-0.05, 0) is 37.0 Å². The Bertz CT molecular complexity index is 519. The maximum absolute atomic E-state index is 11.3. The fraction of sp³-hybridized carbons (Fsp3) is 0.588. The number of hydrogen-bond acceptors (Lipinski definition) is 3. The summed E-state index contributed by atoms with van der Waals surface area (Å²) in [6, 6.07) is 8.35. The van der Waals surface area contributed by atoms with E-state index in [1.54, 1.807) is 12.0 Å². The molecule has 0 radical (unpaired) electrons. The molecule has 2 saturated heterocycles. The third kappa shape index (κ3) is 3.19. The van der Waals surface area contributed by atoms with Gasteiger partial charge in [0.05, 0.1) is 6.61 Å². The normalized spacial score (nSPS) is 27.0. The minimum atomic E-state index is -0.785. The van der Waals surface area contributed by atoms with Gasteiger partial charge in [0.1, 0.15) is 11.9 Å². The van der Waals surface area contributed by atoms with Crippen molar-refractivity contribution in [2.75, 3.05) is 13.7 Å². The summed E-state index contributed by atoms with van der Waals surface area (Å²) in [5.41, 5.74) is 1.20. The van der Waals surface area contributed by atoms with Crippen LogP contribution in [0, 0.1) is 0 Å². The van der Waals surface area contributed by atoms with Gasteiger partial charge in [0, 0.05) is 32.0 Å². The van der Waals surface area contributed by atoms with Gasteiger partial charge in [-0.15, -0.1) is 0 Å². The number of piperidine rings is 1. The molecule has 2 atom stereocenters. The molecule has 1 aromatic carbocycles. The van der Waals surface area contributed by atoms with Crippen molar-refractivity contribution in [3.63, 3.8) is 0 Å². The first-order chi connectivity index (χ1) is 10.7. The van der Waals surface area contributed by atoms with E-state index in [-0.39, 0.29) is 18.2 Å². The summed E-state index contributed by atoms with van der Waals surface area (Å²) in [4.78, 5) is 12.9. The molecule has 5 nitrogen and oxygen atoms in total. The van der Waals surface area contributed by atoms with Crippen molar-refractivity contribution in [2.24, 2.45) is 0 Å². The van der Waals surface area contributed by atoms with Gasteiger partial charge in [0.2, 0.25) is 0 Å². The van der Waals surface area contributed by atoms with Crippen molar-refractivity contribution in [3.05, 3.63) is 29.8 Å². The van der Waals surface area contributed by atoms with Crippen LogP contribution in [-0.4, -0.2) is 48.0 Å². The summed E-state index contributed by atoms with van der Waals surface area (Å²) < 4.78 is 11.2. The highest BCUT2D eigenvalue weighted by atomic mass is 16.5. The van der Waals surface area contributed by atoms with Gasteiger partial charge in [-0.2, -0.15) is 0 Å². The minimum absolute atomic E-state index is 0.116. The fourth-order valence-corrected chi connectivity index (χ4v) is 3.72. The molecular formula is C17H23NO4. The van der Waals surface area contributed by atoms with Crippen molar-refractivity contribution in [3.8, 4) is 5.75 Å². The molecule has 0 aliphatic carbocycles. The molecule has 0 spiro atoms. The highest BCUT2D eigenvalue weighted by Crippen LogP contribution is 2.37. The number of hydrogen-bond donors (Lipinski definition) is 1. The number of rotatable bonds is 5. The van der Waals surface area contributed by atoms with Crippen LogP contribution in [0.2, 0.25) is 0 Å². The van der Waals surface area contributed by atoms with E-state index in [0.717, 1.165) is 37.9 Å². The van der Waals surface area contributed by atoms with E-state index in [1.165, 1.54) is 5.56 Å². The first-order valence-corrected chi connectivity index (χ1v) is 7.93. The largest absolute Gasteiger partial charge is 0.490 e. The lowest BCUT2D eigenvalue weighted by Gasteiger charge is -2.37. The molecule has 5 heteroatoms. The Labute approximate surface area is 130 Å². The molecule has 2 aliphatic rings. The van der Waals surface area contributed by atoms with Crippen LogP contribution in [0.5, 0.6) is 5.75 Å². The first kappa shape index (κ1) is 15.2. The molecule has 22 heavy (non-hydrogen) atoms. The van der Waals surface area contributed by atoms with Crippen molar-refractivity contribution in [1.29, 1.82) is 0 Å². The summed E-state index contributed by atoms with van der Waals surface area (Å²) in [5, 5.41) is 9.29. The van der Waals surface area contributed by atoms with Gasteiger partial charge in [-0.1, -0.05) is 12.1 Å². The van der Waals surface area contributed by atoms with Crippen molar-refractivity contribution in [2.45, 2.75) is 50.3 Å². The number of carboxylic acid groups (broad SMARTS) is 1. The number of benzene rings is 1. The van der Waals surface area contributed by atoms with Crippen molar-refractivity contribution < 1.29 is 19.4 Å². The summed E-state index contributed by atoms with van der Waals surface area (Å²) in [5.74, 6) is 0.877. The summed E-state index contributed by atoms with van der Waals surface area (Å²) >= 11 is 0. The average Bonchev–Trinajstić information content (AvgIpc) is 2.78. The second kappa shape index (κ2) is 6.57. The molecule has 2 fully saturated rings. The highest BCUT2D eigenvalue weighted by Gasteiger charge is 2.44. The molecule has 1 amide bonds. The smallest absolute Gasteiger partial charge is 0.407 e. The number of ether oxygens (including phenoxy) is 2. The van der Waals surface area contributed by atoms with Crippen LogP contribution in [-0.2, 0) is 11.2 Å². The standard InChI is InChI=1S/C17H23NO4/c1-21-8-7-12-3-2-4-15(9-12)22-16-10-13-5-6-14(11-16)18(13)17(19)20/h2-4,9,13-14,16H,5-8,10-11H2,1H3,(H,19,20). The highest BCUT2D eigenvalue weighted by molar-refractivity contribution is 5.66. The van der Waals surface area contributed by atoms with Crippen LogP contribution in [0.25, 0.3) is 0 Å². The van der Waals surface area contributed by atoms with Crippen LogP contribution in [0.3, 0.4) is 0 Å². The zero-order valence-corrected chi connectivity index (χ0v) is 12.9. The zero-order chi connectivity index (χ0) is 15.5. The quantitative estimate of drug-likeness (QED) is 0.908. The monoisotopic (exact) mass is 305 g/mol. The Hall–Kier alpha value is -1.75. The van der Waals surface area contributed by atoms with Crippen molar-refractivity contribution in [1.82, 2.24) is 4.90 Å². The topological polar surface area (TPSA) is 59.0 Å². The number of amides is 1. The molecule has 120 valence electrons. The van der Waals surface area contributed by atoms with Gasteiger partial charge < -0.3 is 19.5 Å². The molecule has 0 aromatic heterocycles. The van der Waals surface area contributed by atoms with E-state index >= 15 is 0 Å². The lowest BCUT2D eigenvalue weighted by molar-refractivity contribution is 0.0496. The van der Waals surface area contributed by atoms with Crippen LogP contribution in [0.4, 0.5) is 4.79 Å². The van der Waals surface area contributed by atoms with Gasteiger partial charge in [0.15, 0.2) is 0 Å². The predicted octanol–water partition coefficient (Wildman–Crippen LogP) is 2.93. The Morgan fingerprint density at radius 1 is 1.32 bits per heavy atom. The Kier molecular flexibility index (Phi) is 4.52. The second-order valence-electron chi connectivity index (χ2n) is 6.18. The van der Waals surface area contributed by atoms with Crippen LogP contribution < -0.4 is 4.74 Å². The number of carbonyl (C=O) groups is 1. The molecule has 1 aromatic rings. The van der Waals surface area contributed by atoms with Gasteiger partial charge in [-0.3, -0.25) is 0 Å². The van der Waals surface area contributed by atoms with Crippen LogP contribution >= 0.6 is 0 Å². The van der Waals surface area contributed by atoms with Crippen LogP contribution in [0.15, 0.2) is 24.3 Å².